The van der Waals surface area contributed by atoms with Gasteiger partial charge in [0.1, 0.15) is 0 Å². The molecule has 0 aromatic heterocycles. The molecule has 0 fully saturated rings. The van der Waals surface area contributed by atoms with Gasteiger partial charge in [-0.3, -0.25) is 0 Å². The van der Waals surface area contributed by atoms with Crippen molar-refractivity contribution in [3.8, 4) is 0 Å². The van der Waals surface area contributed by atoms with Gasteiger partial charge in [0, 0.05) is 41.7 Å². The summed E-state index contributed by atoms with van der Waals surface area (Å²) in [5.41, 5.74) is 0. The van der Waals surface area contributed by atoms with E-state index in [2.05, 4.69) is 0 Å². The average Bonchev–Trinajstić information content (AvgIpc) is 1.66. The van der Waals surface area contributed by atoms with Crippen molar-refractivity contribution < 1.29 is 80.1 Å². The molecule has 0 aliphatic rings. The molecule has 13 heavy (non-hydrogen) atoms. The van der Waals surface area contributed by atoms with E-state index in [1.165, 1.54) is 0 Å². The van der Waals surface area contributed by atoms with Crippen LogP contribution in [0.1, 0.15) is 13.8 Å². The molecule has 0 spiro atoms. The van der Waals surface area contributed by atoms with Gasteiger partial charge in [-0.25, -0.2) is 0 Å². The molecular weight excluding hydrogens is 515 g/mol. The van der Waals surface area contributed by atoms with E-state index in [0.29, 0.717) is 0 Å². The van der Waals surface area contributed by atoms with E-state index in [9.17, 15) is 0 Å². The Hall–Kier alpha value is 2.73. The molecule has 0 radical (unpaired) electrons. The van der Waals surface area contributed by atoms with Gasteiger partial charge in [-0.1, -0.05) is 13.8 Å². The standard InChI is InChI=1S/C2H6.2CH3.Ce.3ClH.HNO3.Tb/c1-2;;;;;;;2-1(3)4;/h1-2H3;2*1H3;;3*1H;(H,2,3,4);/q;2*-1;;;;;;+3/p-3. The predicted octanol–water partition coefficient (Wildman–Crippen LogP) is 3.65. The van der Waals surface area contributed by atoms with Crippen LogP contribution < -0.4 is 0 Å². The summed E-state index contributed by atoms with van der Waals surface area (Å²) < 4.78 is 0. The van der Waals surface area contributed by atoms with Crippen LogP contribution in [-0.2, 0) is 0 Å². The summed E-state index contributed by atoms with van der Waals surface area (Å²) in [7, 11) is 0. The number of halogens is 3. The number of nitrogens with zero attached hydrogens (tertiary/aromatic N) is 1. The van der Waals surface area contributed by atoms with E-state index >= 15 is 0 Å². The summed E-state index contributed by atoms with van der Waals surface area (Å²) in [4.78, 5) is 8.36. The molecule has 4 nitrogen and oxygen atoms in total. The van der Waals surface area contributed by atoms with Crippen molar-refractivity contribution in [3.63, 3.8) is 0 Å². The van der Waals surface area contributed by atoms with E-state index in [1.54, 1.807) is 0 Å². The van der Waals surface area contributed by atoms with Gasteiger partial charge in [0.05, 0.1) is 0 Å². The topological polar surface area (TPSA) is 63.4 Å². The average molecular weight is 529 g/mol. The van der Waals surface area contributed by atoms with Crippen LogP contribution in [0.25, 0.3) is 0 Å². The molecule has 0 heterocycles. The van der Waals surface area contributed by atoms with Crippen LogP contribution in [0.5, 0.6) is 0 Å². The molecule has 88 valence electrons. The third-order valence-corrected chi connectivity index (χ3v) is 0. The van der Waals surface area contributed by atoms with E-state index < -0.39 is 33.2 Å². The Morgan fingerprint density at radius 3 is 1.23 bits per heavy atom. The second-order valence-electron chi connectivity index (χ2n) is 0.381. The SMILES string of the molecule is CC.O=[N+]([O-])O.[CH3-].[CH3-].[Ce].[Cl][Tb]([Cl])[Cl]. The first-order valence-electron chi connectivity index (χ1n) is 1.94. The van der Waals surface area contributed by atoms with Crippen molar-refractivity contribution in [2.45, 2.75) is 13.8 Å². The zero-order valence-corrected chi connectivity index (χ0v) is 15.2. The van der Waals surface area contributed by atoms with Gasteiger partial charge in [0.25, 0.3) is 5.09 Å². The first kappa shape index (κ1) is 36.0. The van der Waals surface area contributed by atoms with Crippen molar-refractivity contribution >= 4 is 18.7 Å². The van der Waals surface area contributed by atoms with Crippen LogP contribution >= 0.6 is 18.7 Å². The second kappa shape index (κ2) is 36.4. The van der Waals surface area contributed by atoms with Crippen molar-refractivity contribution in [3.05, 3.63) is 25.0 Å². The zero-order valence-electron chi connectivity index (χ0n) is 7.68. The van der Waals surface area contributed by atoms with E-state index in [0.717, 1.165) is 0 Å². The van der Waals surface area contributed by atoms with E-state index in [-0.39, 0.29) is 56.6 Å². The summed E-state index contributed by atoms with van der Waals surface area (Å²) in [6, 6.07) is 0. The molecule has 0 unspecified atom stereocenters. The van der Waals surface area contributed by atoms with Gasteiger partial charge in [-0.2, -0.15) is 0 Å². The summed E-state index contributed by atoms with van der Waals surface area (Å²) in [5.74, 6) is 0. The fourth-order valence-corrected chi connectivity index (χ4v) is 0. The maximum absolute atomic E-state index is 8.36. The van der Waals surface area contributed by atoms with Gasteiger partial charge < -0.3 is 20.1 Å². The summed E-state index contributed by atoms with van der Waals surface area (Å²) >= 11 is -1.92. The van der Waals surface area contributed by atoms with Crippen molar-refractivity contribution in [2.24, 2.45) is 0 Å². The van der Waals surface area contributed by atoms with Gasteiger partial charge in [0.2, 0.25) is 0 Å². The summed E-state index contributed by atoms with van der Waals surface area (Å²) in [5, 5.41) is 13.6. The van der Waals surface area contributed by atoms with E-state index in [1.807, 2.05) is 13.8 Å². The zero-order chi connectivity index (χ0) is 9.15. The Morgan fingerprint density at radius 1 is 1.23 bits per heavy atom. The molecule has 0 saturated carbocycles. The van der Waals surface area contributed by atoms with Gasteiger partial charge in [0.15, 0.2) is 0 Å². The first-order chi connectivity index (χ1) is 4.46. The Balaban J connectivity index is -0.0000000133. The second-order valence-corrected chi connectivity index (χ2v) is 9.77. The molecule has 9 heteroatoms. The molecule has 0 saturated heterocycles. The minimum absolute atomic E-state index is 0. The fourth-order valence-electron chi connectivity index (χ4n) is 0. The van der Waals surface area contributed by atoms with Crippen LogP contribution in [0, 0.1) is 94.8 Å². The quantitative estimate of drug-likeness (QED) is 0.297. The molecule has 0 aromatic carbocycles. The summed E-state index contributed by atoms with van der Waals surface area (Å²) in [6.07, 6.45) is 14.9. The van der Waals surface area contributed by atoms with Crippen LogP contribution in [-0.4, -0.2) is 10.3 Å². The molecular formula is C4H13CeCl3NO3Tb-2. The van der Waals surface area contributed by atoms with Gasteiger partial charge in [-0.15, -0.1) is 10.1 Å². The Kier molecular flexibility index (Phi) is 101. The third kappa shape index (κ3) is 320. The summed E-state index contributed by atoms with van der Waals surface area (Å²) in [6.45, 7) is 4.00. The van der Waals surface area contributed by atoms with Crippen molar-refractivity contribution in [1.29, 1.82) is 0 Å². The monoisotopic (exact) mass is 527 g/mol. The van der Waals surface area contributed by atoms with Gasteiger partial charge >= 0.3 is 46.8 Å². The molecule has 1 N–H and O–H groups in total. The minimum atomic E-state index is -1.92. The Morgan fingerprint density at radius 2 is 1.23 bits per heavy atom. The molecule has 0 bridgehead atoms. The normalized spacial score (nSPS) is 5.77. The third-order valence-electron chi connectivity index (χ3n) is 0. The molecule has 0 aliphatic carbocycles. The van der Waals surface area contributed by atoms with Crippen LogP contribution in [0.15, 0.2) is 0 Å². The number of hydrogen-bond acceptors (Lipinski definition) is 2. The predicted molar refractivity (Wildman–Crippen MR) is 50.5 cm³/mol. The fraction of sp³-hybridized carbons (Fsp3) is 0.500. The van der Waals surface area contributed by atoms with Crippen molar-refractivity contribution in [1.82, 2.24) is 0 Å². The van der Waals surface area contributed by atoms with Gasteiger partial charge in [-0.05, 0) is 0 Å². The van der Waals surface area contributed by atoms with Crippen LogP contribution in [0.4, 0.5) is 0 Å². The molecule has 0 atom stereocenters. The molecule has 0 rings (SSSR count). The maximum atomic E-state index is 8.36. The molecule has 0 amide bonds. The molecule has 0 aliphatic heterocycles. The Labute approximate surface area is 134 Å². The van der Waals surface area contributed by atoms with E-state index in [4.69, 9.17) is 34.0 Å². The van der Waals surface area contributed by atoms with Crippen LogP contribution in [0.3, 0.4) is 0 Å². The molecule has 0 aromatic rings. The van der Waals surface area contributed by atoms with Crippen LogP contribution in [0.2, 0.25) is 0 Å². The van der Waals surface area contributed by atoms with Crippen molar-refractivity contribution in [2.75, 3.05) is 0 Å². The number of rotatable bonds is 0. The first-order valence-corrected chi connectivity index (χ1v) is 9.97. The Bertz CT molecular complexity index is 74.9. The number of hydrogen-bond donors (Lipinski definition) is 1.